The molecule has 0 unspecified atom stereocenters. The molecule has 1 saturated carbocycles. The largest absolute Gasteiger partial charge is 0.508 e. The lowest BCUT2D eigenvalue weighted by Gasteiger charge is -2.16. The van der Waals surface area contributed by atoms with Crippen molar-refractivity contribution in [3.05, 3.63) is 53.1 Å². The zero-order chi connectivity index (χ0) is 24.7. The van der Waals surface area contributed by atoms with Crippen molar-refractivity contribution in [1.82, 2.24) is 4.90 Å². The van der Waals surface area contributed by atoms with E-state index in [0.717, 1.165) is 41.1 Å². The highest BCUT2D eigenvalue weighted by atomic mass is 32.2. The van der Waals surface area contributed by atoms with Crippen molar-refractivity contribution >= 4 is 24.0 Å². The smallest absolute Gasteiger partial charge is 0.211 e. The molecule has 0 spiro atoms. The van der Waals surface area contributed by atoms with Gasteiger partial charge < -0.3 is 21.1 Å². The van der Waals surface area contributed by atoms with Crippen LogP contribution in [0.2, 0.25) is 0 Å². The molecule has 32 heavy (non-hydrogen) atoms. The molecule has 2 aromatic rings. The van der Waals surface area contributed by atoms with Crippen molar-refractivity contribution in [1.29, 1.82) is 0 Å². The number of nitrogens with one attached hydrogen (secondary N) is 1. The number of benzene rings is 2. The summed E-state index contributed by atoms with van der Waals surface area (Å²) in [7, 11) is 5.62. The predicted molar refractivity (Wildman–Crippen MR) is 139 cm³/mol. The van der Waals surface area contributed by atoms with E-state index in [2.05, 4.69) is 56.0 Å². The van der Waals surface area contributed by atoms with Gasteiger partial charge in [-0.3, -0.25) is 9.93 Å². The number of phenols is 1. The first-order valence-electron chi connectivity index (χ1n) is 11.1. The number of hydrogen-bond acceptors (Lipinski definition) is 6. The molecule has 0 bridgehead atoms. The number of aromatic hydroxyl groups is 1. The summed E-state index contributed by atoms with van der Waals surface area (Å²) < 4.78 is 0. The van der Waals surface area contributed by atoms with Gasteiger partial charge in [0.25, 0.3) is 0 Å². The summed E-state index contributed by atoms with van der Waals surface area (Å²) in [5, 5.41) is 17.9. The van der Waals surface area contributed by atoms with E-state index in [4.69, 9.17) is 5.14 Å². The lowest BCUT2D eigenvalue weighted by atomic mass is 9.95. The lowest BCUT2D eigenvalue weighted by molar-refractivity contribution is -0.105. The van der Waals surface area contributed by atoms with Crippen LogP contribution in [0.5, 0.6) is 5.75 Å². The van der Waals surface area contributed by atoms with Crippen LogP contribution in [0, 0.1) is 0 Å². The average Bonchev–Trinajstić information content (AvgIpc) is 3.63. The molecule has 1 amide bonds. The Labute approximate surface area is 198 Å². The third-order valence-corrected chi connectivity index (χ3v) is 5.13. The fourth-order valence-corrected chi connectivity index (χ4v) is 3.40. The standard InChI is InChI=1S/C13H17NO2.C9H14N2S.C2H6.CH5N/c1-8(2)11-5-10(16)6-12(9-3-4-9)13(11)14-7-15;1-11(2)7-8-3-5-9(12-10)6-4-8;2*1-2/h5-9,16H,3-4H2,1-2H3,(H,14,15);3-6H,7,10H2,1-2H3;1-2H3;2H2,1H3. The number of hydrogen-bond donors (Lipinski definition) is 4. The van der Waals surface area contributed by atoms with Crippen LogP contribution in [0.4, 0.5) is 5.69 Å². The maximum atomic E-state index is 10.7. The van der Waals surface area contributed by atoms with Gasteiger partial charge in [0.1, 0.15) is 5.75 Å². The van der Waals surface area contributed by atoms with Crippen LogP contribution in [-0.4, -0.2) is 37.6 Å². The van der Waals surface area contributed by atoms with Crippen molar-refractivity contribution in [2.45, 2.75) is 63.8 Å². The molecule has 0 aromatic heterocycles. The molecule has 0 saturated heterocycles. The monoisotopic (exact) mass is 462 g/mol. The van der Waals surface area contributed by atoms with E-state index in [0.29, 0.717) is 18.1 Å². The van der Waals surface area contributed by atoms with E-state index in [1.807, 2.05) is 26.0 Å². The van der Waals surface area contributed by atoms with Crippen molar-refractivity contribution in [3.63, 3.8) is 0 Å². The summed E-state index contributed by atoms with van der Waals surface area (Å²) in [5.41, 5.74) is 8.80. The number of carbonyl (C=O) groups is 1. The number of rotatable bonds is 7. The van der Waals surface area contributed by atoms with E-state index in [-0.39, 0.29) is 5.92 Å². The average molecular weight is 463 g/mol. The summed E-state index contributed by atoms with van der Waals surface area (Å²) in [4.78, 5) is 13.9. The van der Waals surface area contributed by atoms with Crippen LogP contribution in [0.15, 0.2) is 41.3 Å². The topological polar surface area (TPSA) is 105 Å². The number of nitrogens with two attached hydrogens (primary N) is 2. The number of carbonyl (C=O) groups excluding carboxylic acids is 1. The predicted octanol–water partition coefficient (Wildman–Crippen LogP) is 5.28. The van der Waals surface area contributed by atoms with Crippen molar-refractivity contribution in [2.75, 3.05) is 26.5 Å². The molecule has 2 aromatic carbocycles. The molecule has 1 aliphatic rings. The van der Waals surface area contributed by atoms with E-state index < -0.39 is 0 Å². The molecule has 0 radical (unpaired) electrons. The van der Waals surface area contributed by atoms with Crippen LogP contribution in [-0.2, 0) is 11.3 Å². The number of phenolic OH excluding ortho intramolecular Hbond substituents is 1. The molecular formula is C25H42N4O2S. The molecule has 6 nitrogen and oxygen atoms in total. The van der Waals surface area contributed by atoms with E-state index >= 15 is 0 Å². The number of nitrogens with zero attached hydrogens (tertiary/aromatic N) is 1. The van der Waals surface area contributed by atoms with Gasteiger partial charge in [0, 0.05) is 17.1 Å². The molecule has 1 fully saturated rings. The lowest BCUT2D eigenvalue weighted by Crippen LogP contribution is -2.10. The Balaban J connectivity index is 0.000000536. The van der Waals surface area contributed by atoms with Gasteiger partial charge in [-0.25, -0.2) is 0 Å². The summed E-state index contributed by atoms with van der Waals surface area (Å²) in [6.45, 7) is 9.10. The fourth-order valence-electron chi connectivity index (χ4n) is 3.11. The SMILES string of the molecule is CC.CC(C)c1cc(O)cc(C2CC2)c1NC=O.CN.CN(C)Cc1ccc(SN)cc1. The first-order chi connectivity index (χ1) is 15.3. The van der Waals surface area contributed by atoms with Crippen LogP contribution in [0.1, 0.15) is 69.1 Å². The van der Waals surface area contributed by atoms with Crippen molar-refractivity contribution < 1.29 is 9.90 Å². The molecule has 7 heteroatoms. The van der Waals surface area contributed by atoms with Gasteiger partial charge in [0.2, 0.25) is 6.41 Å². The van der Waals surface area contributed by atoms with E-state index in [9.17, 15) is 9.90 Å². The first kappa shape index (κ1) is 29.9. The van der Waals surface area contributed by atoms with Gasteiger partial charge in [-0.15, -0.1) is 0 Å². The quantitative estimate of drug-likeness (QED) is 0.254. The Morgan fingerprint density at radius 3 is 2.12 bits per heavy atom. The highest BCUT2D eigenvalue weighted by Gasteiger charge is 2.28. The molecular weight excluding hydrogens is 420 g/mol. The molecule has 6 N–H and O–H groups in total. The maximum Gasteiger partial charge on any atom is 0.211 e. The molecule has 3 rings (SSSR count). The Morgan fingerprint density at radius 1 is 1.16 bits per heavy atom. The summed E-state index contributed by atoms with van der Waals surface area (Å²) in [6.07, 6.45) is 3.01. The highest BCUT2D eigenvalue weighted by molar-refractivity contribution is 7.97. The Kier molecular flexibility index (Phi) is 15.5. The van der Waals surface area contributed by atoms with Crippen molar-refractivity contribution in [3.8, 4) is 5.75 Å². The molecule has 1 aliphatic carbocycles. The van der Waals surface area contributed by atoms with Gasteiger partial charge in [-0.05, 0) is 98.7 Å². The highest BCUT2D eigenvalue weighted by Crippen LogP contribution is 2.46. The molecule has 0 aliphatic heterocycles. The van der Waals surface area contributed by atoms with Crippen molar-refractivity contribution in [2.24, 2.45) is 10.9 Å². The maximum absolute atomic E-state index is 10.7. The van der Waals surface area contributed by atoms with Crippen LogP contribution < -0.4 is 16.2 Å². The third-order valence-electron chi connectivity index (χ3n) is 4.58. The van der Waals surface area contributed by atoms with Gasteiger partial charge in [-0.2, -0.15) is 0 Å². The van der Waals surface area contributed by atoms with Gasteiger partial charge in [0.15, 0.2) is 0 Å². The van der Waals surface area contributed by atoms with E-state index in [1.54, 1.807) is 12.1 Å². The zero-order valence-corrected chi connectivity index (χ0v) is 21.5. The second-order valence-electron chi connectivity index (χ2n) is 7.69. The van der Waals surface area contributed by atoms with Crippen LogP contribution in [0.3, 0.4) is 0 Å². The third kappa shape index (κ3) is 10.5. The van der Waals surface area contributed by atoms with Gasteiger partial charge in [0.05, 0.1) is 0 Å². The molecule has 180 valence electrons. The second-order valence-corrected chi connectivity index (χ2v) is 8.40. The minimum atomic E-state index is 0.284. The minimum absolute atomic E-state index is 0.284. The second kappa shape index (κ2) is 16.6. The molecule has 0 heterocycles. The Morgan fingerprint density at radius 2 is 1.72 bits per heavy atom. The molecule has 0 atom stereocenters. The Bertz CT molecular complexity index is 753. The fraction of sp³-hybridized carbons (Fsp3) is 0.480. The Hall–Kier alpha value is -2.06. The van der Waals surface area contributed by atoms with Gasteiger partial charge in [-0.1, -0.05) is 39.8 Å². The zero-order valence-electron chi connectivity index (χ0n) is 20.7. The first-order valence-corrected chi connectivity index (χ1v) is 12.0. The summed E-state index contributed by atoms with van der Waals surface area (Å²) >= 11 is 1.28. The number of amides is 1. The van der Waals surface area contributed by atoms with E-state index in [1.165, 1.54) is 24.6 Å². The van der Waals surface area contributed by atoms with Crippen LogP contribution in [0.25, 0.3) is 0 Å². The summed E-state index contributed by atoms with van der Waals surface area (Å²) in [5.74, 6) is 1.08. The van der Waals surface area contributed by atoms with Gasteiger partial charge >= 0.3 is 0 Å². The normalized spacial score (nSPS) is 12.0. The summed E-state index contributed by atoms with van der Waals surface area (Å²) in [6, 6.07) is 11.8. The minimum Gasteiger partial charge on any atom is -0.508 e. The van der Waals surface area contributed by atoms with Crippen LogP contribution >= 0.6 is 11.9 Å². The number of anilines is 1.